The summed E-state index contributed by atoms with van der Waals surface area (Å²) in [5, 5.41) is 8.44. The highest BCUT2D eigenvalue weighted by Gasteiger charge is 2.20. The van der Waals surface area contributed by atoms with Crippen LogP contribution in [0.25, 0.3) is 6.08 Å². The molecule has 0 spiro atoms. The van der Waals surface area contributed by atoms with E-state index in [-0.39, 0.29) is 11.9 Å². The fourth-order valence-electron chi connectivity index (χ4n) is 3.84. The summed E-state index contributed by atoms with van der Waals surface area (Å²) in [7, 11) is 1.92. The maximum Gasteiger partial charge on any atom is 0.244 e. The molecular weight excluding hydrogens is 434 g/mol. The number of aryl methyl sites for hydroxylation is 2. The van der Waals surface area contributed by atoms with Crippen molar-refractivity contribution in [2.75, 3.05) is 0 Å². The molecular formula is C26H26ClN5O. The Hall–Kier alpha value is -3.64. The highest BCUT2D eigenvalue weighted by Crippen LogP contribution is 2.22. The van der Waals surface area contributed by atoms with Crippen molar-refractivity contribution in [3.63, 3.8) is 0 Å². The summed E-state index contributed by atoms with van der Waals surface area (Å²) < 4.78 is 3.82. The van der Waals surface area contributed by atoms with E-state index < -0.39 is 0 Å². The molecule has 0 fully saturated rings. The molecule has 0 aliphatic carbocycles. The maximum absolute atomic E-state index is 12.9. The minimum Gasteiger partial charge on any atom is -0.339 e. The first-order chi connectivity index (χ1) is 15.9. The van der Waals surface area contributed by atoms with Gasteiger partial charge in [-0.3, -0.25) is 9.48 Å². The van der Waals surface area contributed by atoms with Crippen molar-refractivity contribution in [2.45, 2.75) is 26.4 Å². The van der Waals surface area contributed by atoms with Gasteiger partial charge in [-0.05, 0) is 37.1 Å². The molecule has 1 N–H and O–H groups in total. The zero-order valence-electron chi connectivity index (χ0n) is 18.9. The van der Waals surface area contributed by atoms with Crippen LogP contribution in [0.2, 0.25) is 5.02 Å². The van der Waals surface area contributed by atoms with Crippen LogP contribution in [0.15, 0.2) is 73.1 Å². The van der Waals surface area contributed by atoms with Crippen molar-refractivity contribution < 1.29 is 4.79 Å². The van der Waals surface area contributed by atoms with Gasteiger partial charge < -0.3 is 9.88 Å². The molecule has 2 aromatic heterocycles. The SMILES string of the molecule is Cc1nn(Cc2ccccc2Cl)c(C)c1/C=C/C(=O)NC(c1ccccc1)c1nccn1C. The number of nitrogens with one attached hydrogen (secondary N) is 1. The summed E-state index contributed by atoms with van der Waals surface area (Å²) in [6, 6.07) is 17.2. The molecule has 1 atom stereocenters. The summed E-state index contributed by atoms with van der Waals surface area (Å²) in [5.74, 6) is 0.562. The number of nitrogens with zero attached hydrogens (tertiary/aromatic N) is 4. The molecule has 4 aromatic rings. The number of hydrogen-bond acceptors (Lipinski definition) is 3. The molecule has 0 aliphatic rings. The summed E-state index contributed by atoms with van der Waals surface area (Å²) in [4.78, 5) is 17.3. The Morgan fingerprint density at radius 3 is 2.55 bits per heavy atom. The van der Waals surface area contributed by atoms with Crippen LogP contribution in [0.1, 0.15) is 39.9 Å². The van der Waals surface area contributed by atoms with Gasteiger partial charge in [0.2, 0.25) is 5.91 Å². The highest BCUT2D eigenvalue weighted by atomic mass is 35.5. The van der Waals surface area contributed by atoms with E-state index in [0.29, 0.717) is 11.6 Å². The third kappa shape index (κ3) is 5.07. The molecule has 6 nitrogen and oxygen atoms in total. The average Bonchev–Trinajstić information content (AvgIpc) is 3.35. The lowest BCUT2D eigenvalue weighted by Gasteiger charge is -2.18. The van der Waals surface area contributed by atoms with E-state index in [2.05, 4.69) is 15.4 Å². The highest BCUT2D eigenvalue weighted by molar-refractivity contribution is 6.31. The number of carbonyl (C=O) groups excluding carboxylic acids is 1. The molecule has 2 heterocycles. The van der Waals surface area contributed by atoms with E-state index in [1.54, 1.807) is 12.3 Å². The summed E-state index contributed by atoms with van der Waals surface area (Å²) in [6.45, 7) is 4.51. The second kappa shape index (κ2) is 9.88. The van der Waals surface area contributed by atoms with Crippen molar-refractivity contribution in [3.8, 4) is 0 Å². The Bertz CT molecular complexity index is 1290. The topological polar surface area (TPSA) is 64.7 Å². The van der Waals surface area contributed by atoms with Gasteiger partial charge >= 0.3 is 0 Å². The molecule has 1 unspecified atom stereocenters. The van der Waals surface area contributed by atoms with Crippen molar-refractivity contribution in [2.24, 2.45) is 7.05 Å². The smallest absolute Gasteiger partial charge is 0.244 e. The van der Waals surface area contributed by atoms with Crippen LogP contribution in [0, 0.1) is 13.8 Å². The second-order valence-corrected chi connectivity index (χ2v) is 8.32. The lowest BCUT2D eigenvalue weighted by atomic mass is 10.1. The molecule has 4 rings (SSSR count). The Kier molecular flexibility index (Phi) is 6.75. The van der Waals surface area contributed by atoms with E-state index in [0.717, 1.165) is 33.9 Å². The Balaban J connectivity index is 1.54. The van der Waals surface area contributed by atoms with Crippen molar-refractivity contribution in [1.82, 2.24) is 24.6 Å². The third-order valence-electron chi connectivity index (χ3n) is 5.65. The van der Waals surface area contributed by atoms with Gasteiger partial charge in [-0.15, -0.1) is 0 Å². The molecule has 0 aliphatic heterocycles. The molecule has 7 heteroatoms. The fourth-order valence-corrected chi connectivity index (χ4v) is 4.04. The Morgan fingerprint density at radius 2 is 1.85 bits per heavy atom. The second-order valence-electron chi connectivity index (χ2n) is 7.92. The van der Waals surface area contributed by atoms with Crippen LogP contribution < -0.4 is 5.32 Å². The van der Waals surface area contributed by atoms with E-state index in [1.165, 1.54) is 0 Å². The molecule has 168 valence electrons. The lowest BCUT2D eigenvalue weighted by molar-refractivity contribution is -0.117. The monoisotopic (exact) mass is 459 g/mol. The molecule has 1 amide bonds. The number of imidazole rings is 1. The Labute approximate surface area is 198 Å². The number of halogens is 1. The van der Waals surface area contributed by atoms with E-state index in [4.69, 9.17) is 11.6 Å². The lowest BCUT2D eigenvalue weighted by Crippen LogP contribution is -2.29. The molecule has 33 heavy (non-hydrogen) atoms. The van der Waals surface area contributed by atoms with Crippen LogP contribution in [0.5, 0.6) is 0 Å². The number of rotatable bonds is 7. The molecule has 0 saturated carbocycles. The van der Waals surface area contributed by atoms with E-state index in [1.807, 2.05) is 97.0 Å². The largest absolute Gasteiger partial charge is 0.339 e. The Morgan fingerprint density at radius 1 is 1.12 bits per heavy atom. The zero-order valence-corrected chi connectivity index (χ0v) is 19.6. The van der Waals surface area contributed by atoms with Gasteiger partial charge in [-0.2, -0.15) is 5.10 Å². The van der Waals surface area contributed by atoms with E-state index >= 15 is 0 Å². The van der Waals surface area contributed by atoms with Crippen molar-refractivity contribution >= 4 is 23.6 Å². The summed E-state index contributed by atoms with van der Waals surface area (Å²) in [5.41, 5.74) is 4.71. The van der Waals surface area contributed by atoms with Crippen molar-refractivity contribution in [3.05, 3.63) is 112 Å². The van der Waals surface area contributed by atoms with Crippen LogP contribution >= 0.6 is 11.6 Å². The molecule has 0 radical (unpaired) electrons. The fraction of sp³-hybridized carbons (Fsp3) is 0.192. The van der Waals surface area contributed by atoms with Gasteiger partial charge in [0.05, 0.1) is 12.2 Å². The zero-order chi connectivity index (χ0) is 23.4. The standard InChI is InChI=1S/C26H26ClN5O/c1-18-22(19(2)32(30-18)17-21-11-7-8-12-23(21)27)13-14-24(33)29-25(20-9-5-4-6-10-20)26-28-15-16-31(26)3/h4-16,25H,17H2,1-3H3,(H,29,33)/b14-13+. The first-order valence-corrected chi connectivity index (χ1v) is 11.1. The van der Waals surface area contributed by atoms with Gasteiger partial charge in [-0.1, -0.05) is 60.1 Å². The third-order valence-corrected chi connectivity index (χ3v) is 6.02. The van der Waals surface area contributed by atoms with Gasteiger partial charge in [0, 0.05) is 41.8 Å². The first kappa shape index (κ1) is 22.6. The maximum atomic E-state index is 12.9. The minimum atomic E-state index is -0.353. The number of benzene rings is 2. The normalized spacial score (nSPS) is 12.2. The number of hydrogen-bond donors (Lipinski definition) is 1. The van der Waals surface area contributed by atoms with Gasteiger partial charge in [0.1, 0.15) is 11.9 Å². The van der Waals surface area contributed by atoms with Crippen LogP contribution in [0.3, 0.4) is 0 Å². The minimum absolute atomic E-state index is 0.204. The van der Waals surface area contributed by atoms with Crippen LogP contribution in [0.4, 0.5) is 0 Å². The molecule has 2 aromatic carbocycles. The quantitative estimate of drug-likeness (QED) is 0.401. The van der Waals surface area contributed by atoms with Crippen LogP contribution in [-0.2, 0) is 18.4 Å². The number of aromatic nitrogens is 4. The predicted molar refractivity (Wildman–Crippen MR) is 131 cm³/mol. The van der Waals surface area contributed by atoms with Gasteiger partial charge in [-0.25, -0.2) is 4.98 Å². The summed E-state index contributed by atoms with van der Waals surface area (Å²) in [6.07, 6.45) is 6.97. The average molecular weight is 460 g/mol. The summed E-state index contributed by atoms with van der Waals surface area (Å²) >= 11 is 6.31. The molecule has 0 saturated heterocycles. The first-order valence-electron chi connectivity index (χ1n) is 10.7. The van der Waals surface area contributed by atoms with Crippen LogP contribution in [-0.4, -0.2) is 25.2 Å². The number of amides is 1. The predicted octanol–water partition coefficient (Wildman–Crippen LogP) is 4.85. The molecule has 0 bridgehead atoms. The van der Waals surface area contributed by atoms with Gasteiger partial charge in [0.25, 0.3) is 0 Å². The number of carbonyl (C=O) groups is 1. The van der Waals surface area contributed by atoms with E-state index in [9.17, 15) is 4.79 Å². The van der Waals surface area contributed by atoms with Gasteiger partial charge in [0.15, 0.2) is 0 Å². The van der Waals surface area contributed by atoms with Crippen molar-refractivity contribution in [1.29, 1.82) is 0 Å².